The van der Waals surface area contributed by atoms with E-state index in [1.165, 1.54) is 22.9 Å². The molecule has 2 aromatic heterocycles. The minimum absolute atomic E-state index is 0.0458. The van der Waals surface area contributed by atoms with Crippen LogP contribution in [0.1, 0.15) is 28.8 Å². The monoisotopic (exact) mass is 564 g/mol. The van der Waals surface area contributed by atoms with Gasteiger partial charge in [-0.25, -0.2) is 10.4 Å². The van der Waals surface area contributed by atoms with Crippen molar-refractivity contribution in [3.63, 3.8) is 0 Å². The fraction of sp³-hybridized carbons (Fsp3) is 0.214. The quantitative estimate of drug-likeness (QED) is 0.125. The molecule has 38 heavy (non-hydrogen) atoms. The first-order valence-corrected chi connectivity index (χ1v) is 14.3. The number of amides is 1. The highest BCUT2D eigenvalue weighted by Gasteiger charge is 2.23. The number of thioether (sulfide) groups is 1. The summed E-state index contributed by atoms with van der Waals surface area (Å²) in [5, 5.41) is 5.72. The highest BCUT2D eigenvalue weighted by molar-refractivity contribution is 7.99. The molecule has 1 aliphatic carbocycles. The molecule has 1 aliphatic rings. The fourth-order valence-electron chi connectivity index (χ4n) is 4.37. The van der Waals surface area contributed by atoms with Crippen LogP contribution in [0.5, 0.6) is 5.75 Å². The number of methoxy groups -OCH3 is 1. The lowest BCUT2D eigenvalue weighted by Gasteiger charge is -2.13. The SMILES string of the molecule is COc1ccccc1C=CC=NNC(=O)CSc1nc2sc3c(c2c(=O)n1-c1ccc(Cl)cc1)CCCC3. The summed E-state index contributed by atoms with van der Waals surface area (Å²) in [4.78, 5) is 33.1. The summed E-state index contributed by atoms with van der Waals surface area (Å²) < 4.78 is 6.90. The van der Waals surface area contributed by atoms with Crippen LogP contribution in [0.15, 0.2) is 69.7 Å². The average Bonchev–Trinajstić information content (AvgIpc) is 3.31. The minimum atomic E-state index is -0.306. The lowest BCUT2D eigenvalue weighted by atomic mass is 9.97. The van der Waals surface area contributed by atoms with E-state index in [2.05, 4.69) is 10.5 Å². The van der Waals surface area contributed by atoms with Gasteiger partial charge in [-0.1, -0.05) is 41.6 Å². The van der Waals surface area contributed by atoms with Crippen LogP contribution in [0.4, 0.5) is 0 Å². The van der Waals surface area contributed by atoms with E-state index in [1.807, 2.05) is 30.3 Å². The van der Waals surface area contributed by atoms with E-state index in [1.54, 1.807) is 53.4 Å². The lowest BCUT2D eigenvalue weighted by molar-refractivity contribution is -0.118. The van der Waals surface area contributed by atoms with Crippen molar-refractivity contribution in [2.24, 2.45) is 5.10 Å². The Kier molecular flexibility index (Phi) is 8.26. The second-order valence-electron chi connectivity index (χ2n) is 8.61. The molecule has 194 valence electrons. The van der Waals surface area contributed by atoms with Crippen LogP contribution < -0.4 is 15.7 Å². The standard InChI is InChI=1S/C28H25ClN4O3S2/c1-36-22-10-4-2-7-18(22)8-6-16-30-32-24(34)17-37-28-31-26-25(21-9-3-5-11-23(21)38-26)27(35)33(28)20-14-12-19(29)13-15-20/h2,4,6-8,10,12-16H,3,5,9,11,17H2,1H3,(H,32,34). The molecule has 1 N–H and O–H groups in total. The number of allylic oxidation sites excluding steroid dienone is 1. The van der Waals surface area contributed by atoms with Gasteiger partial charge in [-0.15, -0.1) is 11.3 Å². The molecule has 0 atom stereocenters. The Morgan fingerprint density at radius 2 is 2.00 bits per heavy atom. The third-order valence-corrected chi connectivity index (χ3v) is 8.52. The van der Waals surface area contributed by atoms with Crippen molar-refractivity contribution in [3.8, 4) is 11.4 Å². The van der Waals surface area contributed by atoms with Crippen LogP contribution in [0.3, 0.4) is 0 Å². The third-order valence-electron chi connectivity index (χ3n) is 6.14. The van der Waals surface area contributed by atoms with Gasteiger partial charge in [0.2, 0.25) is 0 Å². The molecule has 0 radical (unpaired) electrons. The van der Waals surface area contributed by atoms with E-state index in [4.69, 9.17) is 21.3 Å². The summed E-state index contributed by atoms with van der Waals surface area (Å²) >= 11 is 8.88. The van der Waals surface area contributed by atoms with Gasteiger partial charge in [0.15, 0.2) is 5.16 Å². The maximum Gasteiger partial charge on any atom is 0.267 e. The topological polar surface area (TPSA) is 85.6 Å². The number of carbonyl (C=O) groups is 1. The molecule has 0 fully saturated rings. The van der Waals surface area contributed by atoms with Crippen molar-refractivity contribution in [1.82, 2.24) is 15.0 Å². The maximum atomic E-state index is 13.8. The van der Waals surface area contributed by atoms with Gasteiger partial charge in [0.1, 0.15) is 10.6 Å². The van der Waals surface area contributed by atoms with Gasteiger partial charge in [0, 0.05) is 21.7 Å². The number of benzene rings is 2. The molecule has 5 rings (SSSR count). The molecular weight excluding hydrogens is 540 g/mol. The Bertz CT molecular complexity index is 1590. The summed E-state index contributed by atoms with van der Waals surface area (Å²) in [6, 6.07) is 14.7. The van der Waals surface area contributed by atoms with Crippen LogP contribution in [0, 0.1) is 0 Å². The molecule has 10 heteroatoms. The highest BCUT2D eigenvalue weighted by Crippen LogP contribution is 2.35. The summed E-state index contributed by atoms with van der Waals surface area (Å²) in [6.45, 7) is 0. The molecule has 2 aromatic carbocycles. The predicted molar refractivity (Wildman–Crippen MR) is 156 cm³/mol. The number of hydrogen-bond donors (Lipinski definition) is 1. The summed E-state index contributed by atoms with van der Waals surface area (Å²) in [5.74, 6) is 0.490. The molecule has 0 spiro atoms. The van der Waals surface area contributed by atoms with Gasteiger partial charge in [0.05, 0.1) is 23.9 Å². The van der Waals surface area contributed by atoms with E-state index in [0.717, 1.165) is 47.4 Å². The molecule has 0 saturated carbocycles. The average molecular weight is 565 g/mol. The van der Waals surface area contributed by atoms with Crippen molar-refractivity contribution in [2.45, 2.75) is 30.8 Å². The van der Waals surface area contributed by atoms with E-state index in [0.29, 0.717) is 21.3 Å². The zero-order valence-corrected chi connectivity index (χ0v) is 23.0. The second-order valence-corrected chi connectivity index (χ2v) is 11.1. The zero-order valence-electron chi connectivity index (χ0n) is 20.6. The molecule has 0 aliphatic heterocycles. The number of para-hydroxylation sites is 1. The summed E-state index contributed by atoms with van der Waals surface area (Å²) in [6.07, 6.45) is 9.13. The van der Waals surface area contributed by atoms with Crippen molar-refractivity contribution in [3.05, 3.63) is 86.0 Å². The molecule has 7 nitrogen and oxygen atoms in total. The summed E-state index contributed by atoms with van der Waals surface area (Å²) in [5.41, 5.74) is 5.10. The number of aromatic nitrogens is 2. The van der Waals surface area contributed by atoms with E-state index in [-0.39, 0.29) is 17.2 Å². The minimum Gasteiger partial charge on any atom is -0.496 e. The number of nitrogens with one attached hydrogen (secondary N) is 1. The Hall–Kier alpha value is -3.40. The number of aryl methyl sites for hydroxylation is 2. The number of thiophene rings is 1. The molecule has 1 amide bonds. The number of hydrogen-bond acceptors (Lipinski definition) is 7. The van der Waals surface area contributed by atoms with Gasteiger partial charge in [-0.2, -0.15) is 5.10 Å². The van der Waals surface area contributed by atoms with Crippen LogP contribution >= 0.6 is 34.7 Å². The Labute approximate surface area is 233 Å². The molecule has 0 bridgehead atoms. The lowest BCUT2D eigenvalue weighted by Crippen LogP contribution is -2.24. The number of hydrazone groups is 1. The number of nitrogens with zero attached hydrogens (tertiary/aromatic N) is 3. The smallest absolute Gasteiger partial charge is 0.267 e. The van der Waals surface area contributed by atoms with Crippen LogP contribution in [0.25, 0.3) is 22.0 Å². The molecule has 0 unspecified atom stereocenters. The molecule has 2 heterocycles. The van der Waals surface area contributed by atoms with Gasteiger partial charge in [-0.05, 0) is 73.7 Å². The maximum absolute atomic E-state index is 13.8. The number of fused-ring (bicyclic) bond motifs is 3. The summed E-state index contributed by atoms with van der Waals surface area (Å²) in [7, 11) is 1.62. The van der Waals surface area contributed by atoms with Gasteiger partial charge < -0.3 is 4.74 Å². The molecule has 4 aromatic rings. The second kappa shape index (κ2) is 12.0. The van der Waals surface area contributed by atoms with Crippen LogP contribution in [-0.4, -0.2) is 34.5 Å². The van der Waals surface area contributed by atoms with Gasteiger partial charge >= 0.3 is 0 Å². The van der Waals surface area contributed by atoms with Gasteiger partial charge in [-0.3, -0.25) is 14.2 Å². The zero-order chi connectivity index (χ0) is 26.5. The number of ether oxygens (including phenoxy) is 1. The normalized spacial score (nSPS) is 13.3. The third kappa shape index (κ3) is 5.70. The van der Waals surface area contributed by atoms with Crippen LogP contribution in [-0.2, 0) is 17.6 Å². The highest BCUT2D eigenvalue weighted by atomic mass is 35.5. The number of rotatable bonds is 8. The van der Waals surface area contributed by atoms with Crippen molar-refractivity contribution in [2.75, 3.05) is 12.9 Å². The Balaban J connectivity index is 1.34. The largest absolute Gasteiger partial charge is 0.496 e. The Morgan fingerprint density at radius 3 is 2.82 bits per heavy atom. The van der Waals surface area contributed by atoms with E-state index < -0.39 is 0 Å². The fourth-order valence-corrected chi connectivity index (χ4v) is 6.60. The first kappa shape index (κ1) is 26.2. The first-order chi connectivity index (χ1) is 18.5. The van der Waals surface area contributed by atoms with Crippen molar-refractivity contribution in [1.29, 1.82) is 0 Å². The number of carbonyl (C=O) groups excluding carboxylic acids is 1. The molecule has 0 saturated heterocycles. The van der Waals surface area contributed by atoms with Crippen molar-refractivity contribution < 1.29 is 9.53 Å². The predicted octanol–water partition coefficient (Wildman–Crippen LogP) is 5.90. The van der Waals surface area contributed by atoms with E-state index in [9.17, 15) is 9.59 Å². The van der Waals surface area contributed by atoms with Gasteiger partial charge in [0.25, 0.3) is 11.5 Å². The first-order valence-electron chi connectivity index (χ1n) is 12.1. The Morgan fingerprint density at radius 1 is 1.21 bits per heavy atom. The van der Waals surface area contributed by atoms with Crippen LogP contribution in [0.2, 0.25) is 5.02 Å². The molecular formula is C28H25ClN4O3S2. The number of halogens is 1. The van der Waals surface area contributed by atoms with E-state index >= 15 is 0 Å². The van der Waals surface area contributed by atoms with Crippen molar-refractivity contribution >= 4 is 63.1 Å².